The van der Waals surface area contributed by atoms with Gasteiger partial charge in [0.1, 0.15) is 0 Å². The number of hydrogen-bond acceptors (Lipinski definition) is 1. The highest BCUT2D eigenvalue weighted by Crippen LogP contribution is 2.59. The predicted octanol–water partition coefficient (Wildman–Crippen LogP) is 7.62. The topological polar surface area (TPSA) is 20.2 Å². The second-order valence-electron chi connectivity index (χ2n) is 10.2. The fourth-order valence-electron chi connectivity index (χ4n) is 5.89. The third-order valence-corrected chi connectivity index (χ3v) is 7.65. The summed E-state index contributed by atoms with van der Waals surface area (Å²) >= 11 is 0. The molecule has 3 rings (SSSR count). The first-order valence-electron chi connectivity index (χ1n) is 14.1. The number of aliphatic hydroxyl groups is 1. The highest BCUT2D eigenvalue weighted by atomic mass is 16.3. The molecular weight excluding hydrogens is 340 g/mol. The molecule has 0 amide bonds. The van der Waals surface area contributed by atoms with Crippen molar-refractivity contribution in [2.75, 3.05) is 0 Å². The van der Waals surface area contributed by atoms with Crippen molar-refractivity contribution < 1.29 is 12.0 Å². The van der Waals surface area contributed by atoms with Gasteiger partial charge in [0.15, 0.2) is 0 Å². The van der Waals surface area contributed by atoms with Crippen LogP contribution in [0.5, 0.6) is 0 Å². The molecule has 0 bridgehead atoms. The van der Waals surface area contributed by atoms with E-state index in [1.165, 1.54) is 19.3 Å². The molecule has 0 aromatic heterocycles. The summed E-state index contributed by atoms with van der Waals surface area (Å²) in [6.07, 6.45) is 9.50. The Bertz CT molecular complexity index is 809. The molecule has 0 aromatic rings. The molecule has 0 heterocycles. The van der Waals surface area contributed by atoms with Gasteiger partial charge in [-0.3, -0.25) is 0 Å². The first kappa shape index (κ1) is 15.9. The Labute approximate surface area is 181 Å². The van der Waals surface area contributed by atoms with E-state index in [2.05, 4.69) is 27.7 Å². The van der Waals surface area contributed by atoms with E-state index in [9.17, 15) is 6.48 Å². The second kappa shape index (κ2) is 9.33. The quantitative estimate of drug-likeness (QED) is 0.495. The van der Waals surface area contributed by atoms with Gasteiger partial charge < -0.3 is 5.11 Å². The van der Waals surface area contributed by atoms with E-state index in [-0.39, 0.29) is 11.9 Å². The van der Waals surface area contributed by atoms with E-state index < -0.39 is 18.4 Å². The van der Waals surface area contributed by atoms with Gasteiger partial charge in [-0.2, -0.15) is 0 Å². The minimum atomic E-state index is -1.53. The standard InChI is InChI=1S/C27H44O/c1-19(2)8-6-9-21(4)25-15-16-26-22(10-7-17-27(25,26)5)12-13-23-18-24(28)14-11-20(23)3/h12-13,19,21,24-26,28H,3,6-11,14-18H2,1-2,4-5H3/b22-12+,23-13-/t21-,24+,25-,26+,27-/m1/s1/i3D2,10D2,26D. The highest BCUT2D eigenvalue weighted by Gasteiger charge is 2.50. The maximum absolute atomic E-state index is 10.1. The summed E-state index contributed by atoms with van der Waals surface area (Å²) in [6, 6.07) is 0. The summed E-state index contributed by atoms with van der Waals surface area (Å²) < 4.78 is 42.8. The zero-order chi connectivity index (χ0) is 24.6. The van der Waals surface area contributed by atoms with Crippen LogP contribution in [0.25, 0.3) is 0 Å². The lowest BCUT2D eigenvalue weighted by Gasteiger charge is -2.44. The zero-order valence-corrected chi connectivity index (χ0v) is 18.5. The number of fused-ring (bicyclic) bond motifs is 1. The van der Waals surface area contributed by atoms with Gasteiger partial charge in [-0.25, -0.2) is 0 Å². The Morgan fingerprint density at radius 3 is 2.86 bits per heavy atom. The summed E-state index contributed by atoms with van der Waals surface area (Å²) in [7, 11) is 0. The van der Waals surface area contributed by atoms with E-state index in [0.29, 0.717) is 61.0 Å². The fraction of sp³-hybridized carbons (Fsp3) is 0.778. The molecule has 1 nitrogen and oxygen atoms in total. The Hall–Kier alpha value is -0.820. The van der Waals surface area contributed by atoms with E-state index in [4.69, 9.17) is 5.48 Å². The Kier molecular flexibility index (Phi) is 5.31. The van der Waals surface area contributed by atoms with E-state index >= 15 is 0 Å². The van der Waals surface area contributed by atoms with Gasteiger partial charge in [0, 0.05) is 4.11 Å². The molecular formula is C27H44O. The minimum Gasteiger partial charge on any atom is -0.393 e. The van der Waals surface area contributed by atoms with Crippen molar-refractivity contribution >= 4 is 0 Å². The number of allylic oxidation sites excluding steroid dienone is 4. The molecule has 0 aromatic carbocycles. The Morgan fingerprint density at radius 2 is 2.11 bits per heavy atom. The van der Waals surface area contributed by atoms with Crippen LogP contribution in [0.4, 0.5) is 0 Å². The van der Waals surface area contributed by atoms with Crippen LogP contribution < -0.4 is 0 Å². The number of aliphatic hydroxyl groups excluding tert-OH is 1. The monoisotopic (exact) mass is 389 g/mol. The molecule has 0 radical (unpaired) electrons. The van der Waals surface area contributed by atoms with Gasteiger partial charge in [0.2, 0.25) is 0 Å². The molecule has 158 valence electrons. The lowest BCUT2D eigenvalue weighted by atomic mass is 9.60. The van der Waals surface area contributed by atoms with Crippen molar-refractivity contribution in [2.24, 2.45) is 29.1 Å². The molecule has 28 heavy (non-hydrogen) atoms. The van der Waals surface area contributed by atoms with Gasteiger partial charge in [-0.05, 0) is 86.0 Å². The van der Waals surface area contributed by atoms with Crippen molar-refractivity contribution in [3.05, 3.63) is 35.4 Å². The second-order valence-corrected chi connectivity index (χ2v) is 10.2. The summed E-state index contributed by atoms with van der Waals surface area (Å²) in [5, 5.41) is 10.1. The highest BCUT2D eigenvalue weighted by molar-refractivity contribution is 5.36. The lowest BCUT2D eigenvalue weighted by Crippen LogP contribution is -2.36. The zero-order valence-electron chi connectivity index (χ0n) is 23.5. The van der Waals surface area contributed by atoms with Crippen LogP contribution in [0.2, 0.25) is 0 Å². The van der Waals surface area contributed by atoms with Crippen LogP contribution in [-0.2, 0) is 0 Å². The average Bonchev–Trinajstić information content (AvgIpc) is 2.98. The van der Waals surface area contributed by atoms with Gasteiger partial charge in [0.05, 0.1) is 8.85 Å². The van der Waals surface area contributed by atoms with E-state index in [0.717, 1.165) is 18.4 Å². The van der Waals surface area contributed by atoms with Gasteiger partial charge in [-0.1, -0.05) is 76.8 Å². The molecule has 0 spiro atoms. The largest absolute Gasteiger partial charge is 0.393 e. The van der Waals surface area contributed by atoms with Crippen LogP contribution in [0, 0.1) is 29.1 Å². The predicted molar refractivity (Wildman–Crippen MR) is 121 cm³/mol. The maximum atomic E-state index is 10.1. The number of rotatable bonds is 6. The van der Waals surface area contributed by atoms with Gasteiger partial charge in [0.25, 0.3) is 0 Å². The smallest absolute Gasteiger partial charge is 0.0583 e. The first-order chi connectivity index (χ1) is 15.3. The van der Waals surface area contributed by atoms with Crippen molar-refractivity contribution in [1.82, 2.24) is 0 Å². The van der Waals surface area contributed by atoms with Gasteiger partial charge in [-0.15, -0.1) is 0 Å². The van der Waals surface area contributed by atoms with Crippen LogP contribution in [0.3, 0.4) is 0 Å². The molecule has 3 aliphatic rings. The van der Waals surface area contributed by atoms with Crippen LogP contribution in [-0.4, -0.2) is 11.2 Å². The van der Waals surface area contributed by atoms with Crippen LogP contribution >= 0.6 is 0 Å². The lowest BCUT2D eigenvalue weighted by molar-refractivity contribution is 0.0929. The molecule has 0 aliphatic heterocycles. The molecule has 0 saturated heterocycles. The SMILES string of the molecule is [2H]C([2H])=C1CC[C@H](O)C/C1=C/C=C1\C([2H])([2H])CC[C@]2(C)[C@@H]([C@H](C)CCCC(C)C)CC[C@@]12[2H]. The van der Waals surface area contributed by atoms with Gasteiger partial charge >= 0.3 is 0 Å². The van der Waals surface area contributed by atoms with Crippen molar-refractivity contribution in [1.29, 1.82) is 0 Å². The minimum absolute atomic E-state index is 0.222. The molecule has 1 heteroatoms. The summed E-state index contributed by atoms with van der Waals surface area (Å²) in [6.45, 7) is 8.87. The molecule has 3 fully saturated rings. The van der Waals surface area contributed by atoms with Crippen molar-refractivity contribution in [2.45, 2.75) is 104 Å². The Balaban J connectivity index is 1.93. The summed E-state index contributed by atoms with van der Waals surface area (Å²) in [4.78, 5) is 0. The van der Waals surface area contributed by atoms with E-state index in [1.807, 2.05) is 6.08 Å². The molecule has 0 unspecified atom stereocenters. The molecule has 1 N–H and O–H groups in total. The summed E-state index contributed by atoms with van der Waals surface area (Å²) in [5.41, 5.74) is 1.70. The van der Waals surface area contributed by atoms with Crippen molar-refractivity contribution in [3.63, 3.8) is 0 Å². The average molecular weight is 390 g/mol. The Morgan fingerprint density at radius 1 is 1.29 bits per heavy atom. The first-order valence-corrected chi connectivity index (χ1v) is 11.6. The maximum Gasteiger partial charge on any atom is 0.0583 e. The normalized spacial score (nSPS) is 44.5. The molecule has 3 aliphatic carbocycles. The van der Waals surface area contributed by atoms with Crippen LogP contribution in [0.15, 0.2) is 35.4 Å². The molecule has 5 atom stereocenters. The van der Waals surface area contributed by atoms with Crippen LogP contribution in [0.1, 0.15) is 105 Å². The van der Waals surface area contributed by atoms with E-state index in [1.54, 1.807) is 6.08 Å². The third-order valence-electron chi connectivity index (χ3n) is 7.65. The molecule has 3 saturated carbocycles. The third kappa shape index (κ3) is 4.84. The van der Waals surface area contributed by atoms with Crippen molar-refractivity contribution in [3.8, 4) is 0 Å². The fourth-order valence-corrected chi connectivity index (χ4v) is 5.89. The number of hydrogen-bond donors (Lipinski definition) is 1. The summed E-state index contributed by atoms with van der Waals surface area (Å²) in [5.74, 6) is 0.725.